The first kappa shape index (κ1) is 21.2. The van der Waals surface area contributed by atoms with Crippen molar-refractivity contribution in [3.63, 3.8) is 0 Å². The average molecular weight is 393 g/mol. The third kappa shape index (κ3) is 4.80. The van der Waals surface area contributed by atoms with Crippen LogP contribution in [-0.2, 0) is 19.4 Å². The molecule has 1 saturated heterocycles. The van der Waals surface area contributed by atoms with Crippen molar-refractivity contribution in [2.75, 3.05) is 19.6 Å². The molecule has 0 amide bonds. The molecule has 2 nitrogen and oxygen atoms in total. The number of halogens is 2. The van der Waals surface area contributed by atoms with Gasteiger partial charge in [0.2, 0.25) is 0 Å². The fourth-order valence-electron chi connectivity index (χ4n) is 4.12. The van der Waals surface area contributed by atoms with Gasteiger partial charge >= 0.3 is 0 Å². The third-order valence-corrected chi connectivity index (χ3v) is 5.76. The smallest absolute Gasteiger partial charge is 0.0208 e. The van der Waals surface area contributed by atoms with Crippen molar-refractivity contribution in [1.29, 1.82) is 0 Å². The first-order chi connectivity index (χ1) is 11.8. The van der Waals surface area contributed by atoms with Gasteiger partial charge in [0.15, 0.2) is 0 Å². The van der Waals surface area contributed by atoms with Gasteiger partial charge < -0.3 is 10.2 Å². The maximum atomic E-state index is 3.44. The topological polar surface area (TPSA) is 15.3 Å². The van der Waals surface area contributed by atoms with E-state index in [-0.39, 0.29) is 24.8 Å². The highest BCUT2D eigenvalue weighted by Crippen LogP contribution is 2.25. The van der Waals surface area contributed by atoms with Gasteiger partial charge in [-0.15, -0.1) is 24.8 Å². The number of likely N-dealkylation sites (tertiary alicyclic amines) is 1. The number of fused-ring (bicyclic) bond motifs is 1. The van der Waals surface area contributed by atoms with Gasteiger partial charge in [-0.2, -0.15) is 0 Å². The first-order valence-electron chi connectivity index (χ1n) is 9.45. The number of nitrogens with one attached hydrogen (secondary N) is 1. The largest absolute Gasteiger partial charge is 0.312 e. The summed E-state index contributed by atoms with van der Waals surface area (Å²) in [4.78, 5) is 2.63. The van der Waals surface area contributed by atoms with Crippen LogP contribution < -0.4 is 5.32 Å². The summed E-state index contributed by atoms with van der Waals surface area (Å²) in [6.07, 6.45) is 5.05. The monoisotopic (exact) mass is 392 g/mol. The highest BCUT2D eigenvalue weighted by Gasteiger charge is 2.19. The van der Waals surface area contributed by atoms with Crippen LogP contribution in [-0.4, -0.2) is 30.6 Å². The molecular formula is C22H30Cl2N2. The Bertz CT molecular complexity index is 700. The predicted octanol–water partition coefficient (Wildman–Crippen LogP) is 4.87. The Morgan fingerprint density at radius 3 is 2.50 bits per heavy atom. The molecule has 2 aliphatic heterocycles. The van der Waals surface area contributed by atoms with Crippen LogP contribution in [0.5, 0.6) is 0 Å². The Morgan fingerprint density at radius 1 is 1.00 bits per heavy atom. The molecule has 4 rings (SSSR count). The Balaban J connectivity index is 0.00000121. The van der Waals surface area contributed by atoms with Crippen LogP contribution in [0.4, 0.5) is 0 Å². The van der Waals surface area contributed by atoms with E-state index in [1.165, 1.54) is 60.2 Å². The summed E-state index contributed by atoms with van der Waals surface area (Å²) in [5.41, 5.74) is 7.13. The minimum Gasteiger partial charge on any atom is -0.312 e. The average Bonchev–Trinajstić information content (AvgIpc) is 3.05. The molecule has 0 saturated carbocycles. The molecule has 1 N–H and O–H groups in total. The number of benzene rings is 2. The van der Waals surface area contributed by atoms with Gasteiger partial charge in [-0.1, -0.05) is 42.5 Å². The standard InChI is InChI=1S/C22H28N2.2ClH/c1-17-3-2-13-24(17)14-11-18-4-6-19(7-5-18)20-8-9-22-16-23-12-10-21(22)15-20;;/h4-9,15,17,23H,2-3,10-14,16H2,1H3;2*1H. The summed E-state index contributed by atoms with van der Waals surface area (Å²) >= 11 is 0. The molecule has 0 bridgehead atoms. The van der Waals surface area contributed by atoms with Gasteiger partial charge in [0.25, 0.3) is 0 Å². The van der Waals surface area contributed by atoms with E-state index in [9.17, 15) is 0 Å². The highest BCUT2D eigenvalue weighted by atomic mass is 35.5. The van der Waals surface area contributed by atoms with Gasteiger partial charge in [0.1, 0.15) is 0 Å². The van der Waals surface area contributed by atoms with Gasteiger partial charge in [-0.05, 0) is 73.5 Å². The molecular weight excluding hydrogens is 363 g/mol. The van der Waals surface area contributed by atoms with Gasteiger partial charge in [0, 0.05) is 19.1 Å². The molecule has 2 heterocycles. The molecule has 1 unspecified atom stereocenters. The van der Waals surface area contributed by atoms with Crippen LogP contribution >= 0.6 is 24.8 Å². The van der Waals surface area contributed by atoms with E-state index in [0.29, 0.717) is 0 Å². The van der Waals surface area contributed by atoms with E-state index >= 15 is 0 Å². The SMILES string of the molecule is CC1CCCN1CCc1ccc(-c2ccc3c(c2)CCNC3)cc1.Cl.Cl. The maximum absolute atomic E-state index is 3.44. The minimum absolute atomic E-state index is 0. The summed E-state index contributed by atoms with van der Waals surface area (Å²) < 4.78 is 0. The van der Waals surface area contributed by atoms with Crippen LogP contribution in [0.25, 0.3) is 11.1 Å². The molecule has 0 aromatic heterocycles. The molecule has 1 fully saturated rings. The molecule has 26 heavy (non-hydrogen) atoms. The lowest BCUT2D eigenvalue weighted by molar-refractivity contribution is 0.272. The molecule has 0 aliphatic carbocycles. The molecule has 2 aromatic rings. The van der Waals surface area contributed by atoms with E-state index in [1.54, 1.807) is 0 Å². The zero-order chi connectivity index (χ0) is 16.4. The second-order valence-corrected chi connectivity index (χ2v) is 7.38. The fraction of sp³-hybridized carbons (Fsp3) is 0.455. The lowest BCUT2D eigenvalue weighted by atomic mass is 9.95. The summed E-state index contributed by atoms with van der Waals surface area (Å²) in [5.74, 6) is 0. The van der Waals surface area contributed by atoms with Crippen molar-refractivity contribution < 1.29 is 0 Å². The second kappa shape index (κ2) is 9.75. The number of rotatable bonds is 4. The van der Waals surface area contributed by atoms with E-state index in [4.69, 9.17) is 0 Å². The Labute approximate surface area is 170 Å². The third-order valence-electron chi connectivity index (χ3n) is 5.76. The van der Waals surface area contributed by atoms with E-state index in [0.717, 1.165) is 25.6 Å². The summed E-state index contributed by atoms with van der Waals surface area (Å²) in [6, 6.07) is 16.9. The molecule has 0 spiro atoms. The fourth-order valence-corrected chi connectivity index (χ4v) is 4.12. The Kier molecular flexibility index (Phi) is 7.97. The molecule has 2 aliphatic rings. The van der Waals surface area contributed by atoms with E-state index < -0.39 is 0 Å². The highest BCUT2D eigenvalue weighted by molar-refractivity contribution is 5.85. The molecule has 1 atom stereocenters. The zero-order valence-electron chi connectivity index (χ0n) is 15.5. The lowest BCUT2D eigenvalue weighted by Gasteiger charge is -2.20. The van der Waals surface area contributed by atoms with Crippen molar-refractivity contribution in [1.82, 2.24) is 10.2 Å². The van der Waals surface area contributed by atoms with Crippen molar-refractivity contribution in [3.05, 3.63) is 59.2 Å². The minimum atomic E-state index is 0. The lowest BCUT2D eigenvalue weighted by Crippen LogP contribution is -2.28. The number of hydrogen-bond acceptors (Lipinski definition) is 2. The Morgan fingerprint density at radius 2 is 1.77 bits per heavy atom. The zero-order valence-corrected chi connectivity index (χ0v) is 17.2. The van der Waals surface area contributed by atoms with Crippen LogP contribution in [0.3, 0.4) is 0 Å². The van der Waals surface area contributed by atoms with Crippen LogP contribution in [0.15, 0.2) is 42.5 Å². The van der Waals surface area contributed by atoms with Gasteiger partial charge in [-0.3, -0.25) is 0 Å². The normalized spacial score (nSPS) is 19.3. The number of hydrogen-bond donors (Lipinski definition) is 1. The predicted molar refractivity (Wildman–Crippen MR) is 116 cm³/mol. The molecule has 2 aromatic carbocycles. The second-order valence-electron chi connectivity index (χ2n) is 7.38. The van der Waals surface area contributed by atoms with Crippen LogP contribution in [0.1, 0.15) is 36.5 Å². The molecule has 0 radical (unpaired) electrons. The van der Waals surface area contributed by atoms with Gasteiger partial charge in [0.05, 0.1) is 0 Å². The summed E-state index contributed by atoms with van der Waals surface area (Å²) in [5, 5.41) is 3.44. The quantitative estimate of drug-likeness (QED) is 0.797. The molecule has 4 heteroatoms. The van der Waals surface area contributed by atoms with E-state index in [2.05, 4.69) is 59.6 Å². The van der Waals surface area contributed by atoms with Crippen molar-refractivity contribution in [2.45, 2.75) is 45.2 Å². The maximum Gasteiger partial charge on any atom is 0.0208 e. The summed E-state index contributed by atoms with van der Waals surface area (Å²) in [7, 11) is 0. The van der Waals surface area contributed by atoms with Crippen LogP contribution in [0.2, 0.25) is 0 Å². The first-order valence-corrected chi connectivity index (χ1v) is 9.45. The Hall–Kier alpha value is -1.06. The van der Waals surface area contributed by atoms with Crippen LogP contribution in [0, 0.1) is 0 Å². The molecule has 142 valence electrons. The van der Waals surface area contributed by atoms with Crippen molar-refractivity contribution >= 4 is 24.8 Å². The van der Waals surface area contributed by atoms with Crippen molar-refractivity contribution in [2.24, 2.45) is 0 Å². The van der Waals surface area contributed by atoms with E-state index in [1.807, 2.05) is 0 Å². The summed E-state index contributed by atoms with van der Waals surface area (Å²) in [6.45, 7) is 6.96. The van der Waals surface area contributed by atoms with Gasteiger partial charge in [-0.25, -0.2) is 0 Å². The van der Waals surface area contributed by atoms with Crippen molar-refractivity contribution in [3.8, 4) is 11.1 Å². The number of nitrogens with zero attached hydrogens (tertiary/aromatic N) is 1.